The number of ether oxygens (including phenoxy) is 1. The molecule has 0 bridgehead atoms. The predicted molar refractivity (Wildman–Crippen MR) is 59.8 cm³/mol. The van der Waals surface area contributed by atoms with E-state index in [1.54, 1.807) is 0 Å². The first-order chi connectivity index (χ1) is 8.47. The van der Waals surface area contributed by atoms with Crippen LogP contribution in [-0.2, 0) is 4.74 Å². The zero-order chi connectivity index (χ0) is 13.7. The van der Waals surface area contributed by atoms with Crippen LogP contribution in [0.25, 0.3) is 0 Å². The standard InChI is InChI=1S/C12H14F3NO2/c1-16(4-3-5-18-2)12(17)8-6-9(13)11(15)10(14)7-8/h6-7H,3-5H2,1-2H3. The topological polar surface area (TPSA) is 29.5 Å². The van der Waals surface area contributed by atoms with Gasteiger partial charge in [-0.1, -0.05) is 0 Å². The van der Waals surface area contributed by atoms with Gasteiger partial charge in [-0.2, -0.15) is 0 Å². The number of rotatable bonds is 5. The molecular weight excluding hydrogens is 247 g/mol. The van der Waals surface area contributed by atoms with E-state index in [1.165, 1.54) is 19.1 Å². The second kappa shape index (κ2) is 6.39. The summed E-state index contributed by atoms with van der Waals surface area (Å²) in [6.07, 6.45) is 0.602. The van der Waals surface area contributed by atoms with Crippen LogP contribution < -0.4 is 0 Å². The summed E-state index contributed by atoms with van der Waals surface area (Å²) >= 11 is 0. The molecule has 100 valence electrons. The van der Waals surface area contributed by atoms with Crippen molar-refractivity contribution in [1.82, 2.24) is 4.90 Å². The molecular formula is C12H14F3NO2. The van der Waals surface area contributed by atoms with Gasteiger partial charge >= 0.3 is 0 Å². The van der Waals surface area contributed by atoms with Crippen LogP contribution in [-0.4, -0.2) is 38.1 Å². The van der Waals surface area contributed by atoms with Gasteiger partial charge in [-0.25, -0.2) is 13.2 Å². The van der Waals surface area contributed by atoms with E-state index in [0.717, 1.165) is 0 Å². The third kappa shape index (κ3) is 3.46. The first-order valence-corrected chi connectivity index (χ1v) is 5.36. The molecule has 3 nitrogen and oxygen atoms in total. The fourth-order valence-electron chi connectivity index (χ4n) is 1.45. The fraction of sp³-hybridized carbons (Fsp3) is 0.417. The summed E-state index contributed by atoms with van der Waals surface area (Å²) in [6.45, 7) is 0.858. The molecule has 0 unspecified atom stereocenters. The summed E-state index contributed by atoms with van der Waals surface area (Å²) in [5.74, 6) is -4.88. The maximum atomic E-state index is 13.0. The average molecular weight is 261 g/mol. The van der Waals surface area contributed by atoms with E-state index < -0.39 is 23.4 Å². The van der Waals surface area contributed by atoms with E-state index in [1.807, 2.05) is 0 Å². The second-order valence-electron chi connectivity index (χ2n) is 3.83. The first-order valence-electron chi connectivity index (χ1n) is 5.36. The Morgan fingerprint density at radius 2 is 1.83 bits per heavy atom. The van der Waals surface area contributed by atoms with Crippen LogP contribution in [0.4, 0.5) is 13.2 Å². The number of methoxy groups -OCH3 is 1. The van der Waals surface area contributed by atoms with Crippen LogP contribution in [0.3, 0.4) is 0 Å². The molecule has 0 atom stereocenters. The second-order valence-corrected chi connectivity index (χ2v) is 3.83. The van der Waals surface area contributed by atoms with Gasteiger partial charge in [0.1, 0.15) is 0 Å². The summed E-state index contributed by atoms with van der Waals surface area (Å²) in [5, 5.41) is 0. The van der Waals surface area contributed by atoms with Gasteiger partial charge in [-0.05, 0) is 18.6 Å². The Hall–Kier alpha value is -1.56. The minimum Gasteiger partial charge on any atom is -0.385 e. The predicted octanol–water partition coefficient (Wildman–Crippen LogP) is 2.21. The zero-order valence-electron chi connectivity index (χ0n) is 10.2. The summed E-state index contributed by atoms with van der Waals surface area (Å²) in [5.41, 5.74) is -0.216. The summed E-state index contributed by atoms with van der Waals surface area (Å²) in [7, 11) is 3.03. The third-order valence-electron chi connectivity index (χ3n) is 2.42. The molecule has 1 aromatic rings. The average Bonchev–Trinajstić information content (AvgIpc) is 2.34. The quantitative estimate of drug-likeness (QED) is 0.601. The van der Waals surface area contributed by atoms with Gasteiger partial charge in [0.15, 0.2) is 17.5 Å². The number of hydrogen-bond donors (Lipinski definition) is 0. The number of amides is 1. The molecule has 0 aliphatic heterocycles. The van der Waals surface area contributed by atoms with E-state index in [-0.39, 0.29) is 5.56 Å². The molecule has 0 aromatic heterocycles. The molecule has 0 radical (unpaired) electrons. The summed E-state index contributed by atoms with van der Waals surface area (Å²) in [4.78, 5) is 13.1. The molecule has 18 heavy (non-hydrogen) atoms. The van der Waals surface area contributed by atoms with Gasteiger partial charge in [0.25, 0.3) is 5.91 Å². The van der Waals surface area contributed by atoms with E-state index in [0.29, 0.717) is 31.7 Å². The maximum Gasteiger partial charge on any atom is 0.253 e. The molecule has 6 heteroatoms. The van der Waals surface area contributed by atoms with E-state index in [2.05, 4.69) is 0 Å². The summed E-state index contributed by atoms with van der Waals surface area (Å²) < 4.78 is 43.5. The lowest BCUT2D eigenvalue weighted by atomic mass is 10.2. The van der Waals surface area contributed by atoms with Crippen molar-refractivity contribution in [2.24, 2.45) is 0 Å². The van der Waals surface area contributed by atoms with Crippen molar-refractivity contribution in [2.45, 2.75) is 6.42 Å². The molecule has 1 aromatic carbocycles. The lowest BCUT2D eigenvalue weighted by Crippen LogP contribution is -2.28. The van der Waals surface area contributed by atoms with Gasteiger partial charge < -0.3 is 9.64 Å². The van der Waals surface area contributed by atoms with E-state index in [4.69, 9.17) is 4.74 Å². The van der Waals surface area contributed by atoms with Crippen LogP contribution in [0.1, 0.15) is 16.8 Å². The zero-order valence-corrected chi connectivity index (χ0v) is 10.2. The van der Waals surface area contributed by atoms with Crippen LogP contribution in [0, 0.1) is 17.5 Å². The number of nitrogens with zero attached hydrogens (tertiary/aromatic N) is 1. The molecule has 0 heterocycles. The molecule has 0 saturated carbocycles. The largest absolute Gasteiger partial charge is 0.385 e. The van der Waals surface area contributed by atoms with Crippen molar-refractivity contribution >= 4 is 5.91 Å². The third-order valence-corrected chi connectivity index (χ3v) is 2.42. The molecule has 1 amide bonds. The van der Waals surface area contributed by atoms with Gasteiger partial charge in [-0.15, -0.1) is 0 Å². The van der Waals surface area contributed by atoms with Gasteiger partial charge in [-0.3, -0.25) is 4.79 Å². The molecule has 0 saturated heterocycles. The maximum absolute atomic E-state index is 13.0. The molecule has 0 aliphatic rings. The molecule has 0 spiro atoms. The number of halogens is 3. The van der Waals surface area contributed by atoms with Crippen molar-refractivity contribution in [3.05, 3.63) is 35.1 Å². The van der Waals surface area contributed by atoms with Crippen molar-refractivity contribution in [3.63, 3.8) is 0 Å². The Labute approximate surface area is 103 Å². The SMILES string of the molecule is COCCCN(C)C(=O)c1cc(F)c(F)c(F)c1. The van der Waals surface area contributed by atoms with Crippen LogP contribution in [0.5, 0.6) is 0 Å². The van der Waals surface area contributed by atoms with Gasteiger partial charge in [0.05, 0.1) is 0 Å². The molecule has 0 aliphatic carbocycles. The Kier molecular flexibility index (Phi) is 5.15. The van der Waals surface area contributed by atoms with Crippen molar-refractivity contribution in [1.29, 1.82) is 0 Å². The highest BCUT2D eigenvalue weighted by Gasteiger charge is 2.17. The lowest BCUT2D eigenvalue weighted by molar-refractivity contribution is 0.0778. The van der Waals surface area contributed by atoms with E-state index in [9.17, 15) is 18.0 Å². The Balaban J connectivity index is 2.77. The number of hydrogen-bond acceptors (Lipinski definition) is 2. The van der Waals surface area contributed by atoms with Crippen molar-refractivity contribution < 1.29 is 22.7 Å². The Morgan fingerprint density at radius 1 is 1.28 bits per heavy atom. The Morgan fingerprint density at radius 3 is 2.33 bits per heavy atom. The summed E-state index contributed by atoms with van der Waals surface area (Å²) in [6, 6.07) is 1.38. The molecule has 0 N–H and O–H groups in total. The monoisotopic (exact) mass is 261 g/mol. The first kappa shape index (κ1) is 14.5. The highest BCUT2D eigenvalue weighted by atomic mass is 19.2. The van der Waals surface area contributed by atoms with Crippen LogP contribution in [0.2, 0.25) is 0 Å². The Bertz CT molecular complexity index is 414. The van der Waals surface area contributed by atoms with Gasteiger partial charge in [0, 0.05) is 32.9 Å². The lowest BCUT2D eigenvalue weighted by Gasteiger charge is -2.17. The fourth-order valence-corrected chi connectivity index (χ4v) is 1.45. The molecule has 0 fully saturated rings. The minimum atomic E-state index is -1.58. The van der Waals surface area contributed by atoms with Gasteiger partial charge in [0.2, 0.25) is 0 Å². The number of benzene rings is 1. The highest BCUT2D eigenvalue weighted by molar-refractivity contribution is 5.94. The van der Waals surface area contributed by atoms with Crippen molar-refractivity contribution in [2.75, 3.05) is 27.3 Å². The van der Waals surface area contributed by atoms with Crippen LogP contribution >= 0.6 is 0 Å². The minimum absolute atomic E-state index is 0.216. The molecule has 1 rings (SSSR count). The van der Waals surface area contributed by atoms with E-state index >= 15 is 0 Å². The van der Waals surface area contributed by atoms with Crippen molar-refractivity contribution in [3.8, 4) is 0 Å². The number of carbonyl (C=O) groups excluding carboxylic acids is 1. The number of carbonyl (C=O) groups is 1. The highest BCUT2D eigenvalue weighted by Crippen LogP contribution is 2.14. The smallest absolute Gasteiger partial charge is 0.253 e. The van der Waals surface area contributed by atoms with Crippen LogP contribution in [0.15, 0.2) is 12.1 Å². The normalized spacial score (nSPS) is 10.5.